The molecule has 1 aliphatic carbocycles. The van der Waals surface area contributed by atoms with E-state index in [1.54, 1.807) is 0 Å². The Morgan fingerprint density at radius 3 is 2.50 bits per heavy atom. The summed E-state index contributed by atoms with van der Waals surface area (Å²) >= 11 is 0. The maximum absolute atomic E-state index is 3.37. The highest BCUT2D eigenvalue weighted by Gasteiger charge is 2.26. The third-order valence-corrected chi connectivity index (χ3v) is 3.02. The zero-order chi connectivity index (χ0) is 10.2. The van der Waals surface area contributed by atoms with Crippen LogP contribution in [0, 0.1) is 0 Å². The highest BCUT2D eigenvalue weighted by molar-refractivity contribution is 4.83. The number of hydrogen-bond donors (Lipinski definition) is 1. The molecule has 14 heavy (non-hydrogen) atoms. The molecule has 0 aromatic rings. The van der Waals surface area contributed by atoms with Crippen LogP contribution in [0.5, 0.6) is 0 Å². The minimum atomic E-state index is 0.953. The lowest BCUT2D eigenvalue weighted by molar-refractivity contribution is 0.271. The molecule has 84 valence electrons. The summed E-state index contributed by atoms with van der Waals surface area (Å²) < 4.78 is 0. The number of nitrogens with one attached hydrogen (secondary N) is 1. The van der Waals surface area contributed by atoms with Crippen LogP contribution in [0.15, 0.2) is 0 Å². The molecule has 0 heterocycles. The van der Waals surface area contributed by atoms with E-state index in [4.69, 9.17) is 0 Å². The molecule has 0 saturated heterocycles. The van der Waals surface area contributed by atoms with Crippen molar-refractivity contribution in [3.8, 4) is 0 Å². The first-order valence-electron chi connectivity index (χ1n) is 6.33. The molecular weight excluding hydrogens is 172 g/mol. The first-order valence-corrected chi connectivity index (χ1v) is 6.33. The van der Waals surface area contributed by atoms with Gasteiger partial charge >= 0.3 is 0 Å². The van der Waals surface area contributed by atoms with Crippen molar-refractivity contribution in [2.24, 2.45) is 0 Å². The van der Waals surface area contributed by atoms with Gasteiger partial charge in [-0.15, -0.1) is 0 Å². The molecule has 2 heteroatoms. The molecule has 1 rings (SSSR count). The van der Waals surface area contributed by atoms with Gasteiger partial charge in [0.2, 0.25) is 0 Å². The van der Waals surface area contributed by atoms with E-state index in [0.717, 1.165) is 12.6 Å². The fourth-order valence-corrected chi connectivity index (χ4v) is 1.96. The fourth-order valence-electron chi connectivity index (χ4n) is 1.96. The summed E-state index contributed by atoms with van der Waals surface area (Å²) in [5.41, 5.74) is 0. The summed E-state index contributed by atoms with van der Waals surface area (Å²) in [7, 11) is 0. The highest BCUT2D eigenvalue weighted by Crippen LogP contribution is 2.26. The number of hydrogen-bond acceptors (Lipinski definition) is 2. The summed E-state index contributed by atoms with van der Waals surface area (Å²) in [6.45, 7) is 9.35. The van der Waals surface area contributed by atoms with Crippen molar-refractivity contribution < 1.29 is 0 Å². The van der Waals surface area contributed by atoms with E-state index in [0.29, 0.717) is 0 Å². The molecule has 0 aliphatic heterocycles. The Labute approximate surface area is 89.1 Å². The maximum Gasteiger partial charge on any atom is 0.00963 e. The lowest BCUT2D eigenvalue weighted by atomic mass is 10.2. The second-order valence-electron chi connectivity index (χ2n) is 4.27. The van der Waals surface area contributed by atoms with E-state index < -0.39 is 0 Å². The molecule has 0 bridgehead atoms. The van der Waals surface area contributed by atoms with Crippen molar-refractivity contribution in [3.05, 3.63) is 0 Å². The third-order valence-electron chi connectivity index (χ3n) is 3.02. The van der Waals surface area contributed by atoms with Gasteiger partial charge in [0.25, 0.3) is 0 Å². The Balaban J connectivity index is 1.86. The fraction of sp³-hybridized carbons (Fsp3) is 1.00. The summed E-state index contributed by atoms with van der Waals surface area (Å²) in [5.74, 6) is 0. The lowest BCUT2D eigenvalue weighted by Crippen LogP contribution is -2.26. The van der Waals surface area contributed by atoms with Crippen molar-refractivity contribution in [2.75, 3.05) is 26.2 Å². The van der Waals surface area contributed by atoms with Crippen LogP contribution in [0.3, 0.4) is 0 Å². The predicted octanol–water partition coefficient (Wildman–Crippen LogP) is 2.25. The summed E-state index contributed by atoms with van der Waals surface area (Å²) in [6, 6.07) is 0.953. The molecule has 0 unspecified atom stereocenters. The average molecular weight is 198 g/mol. The summed E-state index contributed by atoms with van der Waals surface area (Å²) in [4.78, 5) is 2.65. The number of nitrogens with zero attached hydrogens (tertiary/aromatic N) is 1. The van der Waals surface area contributed by atoms with Gasteiger partial charge in [0.05, 0.1) is 0 Å². The summed E-state index contributed by atoms with van der Waals surface area (Å²) in [5, 5.41) is 3.37. The average Bonchev–Trinajstić information content (AvgIpc) is 3.01. The monoisotopic (exact) mass is 198 g/mol. The Kier molecular flexibility index (Phi) is 6.20. The van der Waals surface area contributed by atoms with Crippen LogP contribution in [0.4, 0.5) is 0 Å². The standard InChI is InChI=1S/C12H26N2/c1-3-13-10-6-5-7-11-14(4-2)12-8-9-12/h12-13H,3-11H2,1-2H3. The second-order valence-corrected chi connectivity index (χ2v) is 4.27. The van der Waals surface area contributed by atoms with Crippen LogP contribution >= 0.6 is 0 Å². The SMILES string of the molecule is CCNCCCCCN(CC)C1CC1. The van der Waals surface area contributed by atoms with Crippen molar-refractivity contribution in [1.29, 1.82) is 0 Å². The van der Waals surface area contributed by atoms with Gasteiger partial charge in [0, 0.05) is 6.04 Å². The van der Waals surface area contributed by atoms with Gasteiger partial charge in [-0.05, 0) is 51.9 Å². The summed E-state index contributed by atoms with van der Waals surface area (Å²) in [6.07, 6.45) is 7.01. The third kappa shape index (κ3) is 4.97. The lowest BCUT2D eigenvalue weighted by Gasteiger charge is -2.19. The van der Waals surface area contributed by atoms with E-state index in [9.17, 15) is 0 Å². The van der Waals surface area contributed by atoms with Crippen LogP contribution in [0.2, 0.25) is 0 Å². The Bertz CT molecular complexity index is 132. The van der Waals surface area contributed by atoms with Crippen molar-refractivity contribution in [1.82, 2.24) is 10.2 Å². The van der Waals surface area contributed by atoms with Crippen LogP contribution < -0.4 is 5.32 Å². The molecule has 1 saturated carbocycles. The molecule has 0 spiro atoms. The normalized spacial score (nSPS) is 16.5. The van der Waals surface area contributed by atoms with Crippen LogP contribution in [0.25, 0.3) is 0 Å². The van der Waals surface area contributed by atoms with Gasteiger partial charge in [-0.25, -0.2) is 0 Å². The van der Waals surface area contributed by atoms with Gasteiger partial charge < -0.3 is 10.2 Å². The van der Waals surface area contributed by atoms with E-state index in [1.807, 2.05) is 0 Å². The minimum Gasteiger partial charge on any atom is -0.317 e. The zero-order valence-corrected chi connectivity index (χ0v) is 9.89. The Morgan fingerprint density at radius 2 is 1.93 bits per heavy atom. The molecule has 0 radical (unpaired) electrons. The minimum absolute atomic E-state index is 0.953. The van der Waals surface area contributed by atoms with Crippen molar-refractivity contribution in [2.45, 2.75) is 52.0 Å². The van der Waals surface area contributed by atoms with Crippen LogP contribution in [-0.2, 0) is 0 Å². The Morgan fingerprint density at radius 1 is 1.14 bits per heavy atom. The van der Waals surface area contributed by atoms with Crippen LogP contribution in [-0.4, -0.2) is 37.1 Å². The topological polar surface area (TPSA) is 15.3 Å². The van der Waals surface area contributed by atoms with E-state index in [-0.39, 0.29) is 0 Å². The molecule has 0 atom stereocenters. The molecule has 2 nitrogen and oxygen atoms in total. The quantitative estimate of drug-likeness (QED) is 0.572. The van der Waals surface area contributed by atoms with Crippen molar-refractivity contribution >= 4 is 0 Å². The van der Waals surface area contributed by atoms with E-state index in [2.05, 4.69) is 24.1 Å². The van der Waals surface area contributed by atoms with Gasteiger partial charge in [-0.3, -0.25) is 0 Å². The van der Waals surface area contributed by atoms with Crippen molar-refractivity contribution in [3.63, 3.8) is 0 Å². The first-order chi connectivity index (χ1) is 6.88. The van der Waals surface area contributed by atoms with Gasteiger partial charge in [-0.2, -0.15) is 0 Å². The largest absolute Gasteiger partial charge is 0.317 e. The first kappa shape index (κ1) is 12.0. The maximum atomic E-state index is 3.37. The zero-order valence-electron chi connectivity index (χ0n) is 9.89. The molecule has 1 aliphatic rings. The van der Waals surface area contributed by atoms with Gasteiger partial charge in [0.15, 0.2) is 0 Å². The molecule has 1 N–H and O–H groups in total. The van der Waals surface area contributed by atoms with E-state index >= 15 is 0 Å². The molecule has 1 fully saturated rings. The van der Waals surface area contributed by atoms with Crippen LogP contribution in [0.1, 0.15) is 46.0 Å². The number of rotatable bonds is 9. The predicted molar refractivity (Wildman–Crippen MR) is 62.7 cm³/mol. The van der Waals surface area contributed by atoms with Gasteiger partial charge in [0.1, 0.15) is 0 Å². The molecule has 0 aromatic carbocycles. The second kappa shape index (κ2) is 7.24. The molecule has 0 amide bonds. The Hall–Kier alpha value is -0.0800. The highest BCUT2D eigenvalue weighted by atomic mass is 15.2. The smallest absolute Gasteiger partial charge is 0.00963 e. The molecule has 0 aromatic heterocycles. The number of unbranched alkanes of at least 4 members (excludes halogenated alkanes) is 2. The van der Waals surface area contributed by atoms with E-state index in [1.165, 1.54) is 51.7 Å². The molecular formula is C12H26N2. The van der Waals surface area contributed by atoms with Gasteiger partial charge in [-0.1, -0.05) is 20.3 Å².